The summed E-state index contributed by atoms with van der Waals surface area (Å²) in [4.78, 5) is 4.68. The predicted molar refractivity (Wildman–Crippen MR) is 106 cm³/mol. The molecule has 0 saturated heterocycles. The molecule has 0 saturated carbocycles. The predicted octanol–water partition coefficient (Wildman–Crippen LogP) is 4.15. The van der Waals surface area contributed by atoms with Crippen LogP contribution in [0.3, 0.4) is 0 Å². The number of hydrogen-bond acceptors (Lipinski definition) is 4. The van der Waals surface area contributed by atoms with Crippen molar-refractivity contribution in [3.63, 3.8) is 0 Å². The van der Waals surface area contributed by atoms with Crippen LogP contribution in [-0.4, -0.2) is 28.7 Å². The van der Waals surface area contributed by atoms with E-state index < -0.39 is 0 Å². The Hall–Kier alpha value is -3.60. The van der Waals surface area contributed by atoms with Gasteiger partial charge < -0.3 is 9.73 Å². The zero-order chi connectivity index (χ0) is 18.1. The second kappa shape index (κ2) is 6.61. The number of hydrogen-bond donors (Lipinski definition) is 1. The topological polar surface area (TPSA) is 55.4 Å². The molecule has 5 rings (SSSR count). The molecule has 4 aromatic rings. The highest BCUT2D eigenvalue weighted by molar-refractivity contribution is 6.09. The molecule has 0 atom stereocenters. The average molecular weight is 354 g/mol. The first-order valence-electron chi connectivity index (χ1n) is 8.98. The van der Waals surface area contributed by atoms with Crippen LogP contribution in [0.5, 0.6) is 0 Å². The van der Waals surface area contributed by atoms with E-state index in [1.54, 1.807) is 6.26 Å². The Morgan fingerprint density at radius 3 is 2.33 bits per heavy atom. The fraction of sp³-hybridized carbons (Fsp3) is 0.0909. The van der Waals surface area contributed by atoms with Crippen LogP contribution < -0.4 is 5.32 Å². The number of para-hydroxylation sites is 1. The first kappa shape index (κ1) is 15.6. The highest BCUT2D eigenvalue weighted by Gasteiger charge is 2.27. The van der Waals surface area contributed by atoms with E-state index in [0.29, 0.717) is 0 Å². The van der Waals surface area contributed by atoms with Crippen LogP contribution in [0.2, 0.25) is 0 Å². The number of nitrogens with one attached hydrogen (secondary N) is 1. The van der Waals surface area contributed by atoms with Gasteiger partial charge in [-0.3, -0.25) is 4.99 Å². The highest BCUT2D eigenvalue weighted by atomic mass is 16.3. The quantitative estimate of drug-likeness (QED) is 0.599. The molecule has 2 aromatic heterocycles. The van der Waals surface area contributed by atoms with Gasteiger partial charge in [0.25, 0.3) is 0 Å². The summed E-state index contributed by atoms with van der Waals surface area (Å²) in [5.41, 5.74) is 4.78. The number of aliphatic imine (C=N–C) groups is 1. The molecular formula is C22H18N4O. The molecule has 0 unspecified atom stereocenters. The zero-order valence-electron chi connectivity index (χ0n) is 14.7. The number of amidine groups is 1. The summed E-state index contributed by atoms with van der Waals surface area (Å²) >= 11 is 0. The van der Waals surface area contributed by atoms with Crippen molar-refractivity contribution in [3.8, 4) is 28.4 Å². The number of nitrogens with zero attached hydrogens (tertiary/aromatic N) is 3. The lowest BCUT2D eigenvalue weighted by molar-refractivity contribution is 0.576. The zero-order valence-corrected chi connectivity index (χ0v) is 14.7. The lowest BCUT2D eigenvalue weighted by Gasteiger charge is -2.08. The molecule has 2 aromatic carbocycles. The normalized spacial score (nSPS) is 13.4. The second-order valence-electron chi connectivity index (χ2n) is 6.32. The molecule has 132 valence electrons. The Labute approximate surface area is 157 Å². The molecule has 0 bridgehead atoms. The fourth-order valence-corrected chi connectivity index (χ4v) is 3.40. The number of rotatable bonds is 4. The Bertz CT molecular complexity index is 1080. The third-order valence-corrected chi connectivity index (χ3v) is 4.60. The van der Waals surface area contributed by atoms with E-state index in [-0.39, 0.29) is 0 Å². The van der Waals surface area contributed by atoms with Gasteiger partial charge in [0.15, 0.2) is 5.76 Å². The highest BCUT2D eigenvalue weighted by Crippen LogP contribution is 2.35. The molecular weight excluding hydrogens is 336 g/mol. The van der Waals surface area contributed by atoms with Gasteiger partial charge in [0.2, 0.25) is 0 Å². The second-order valence-corrected chi connectivity index (χ2v) is 6.32. The van der Waals surface area contributed by atoms with Crippen molar-refractivity contribution in [2.24, 2.45) is 4.99 Å². The van der Waals surface area contributed by atoms with Crippen LogP contribution in [0.4, 0.5) is 0 Å². The van der Waals surface area contributed by atoms with Gasteiger partial charge in [-0.1, -0.05) is 48.5 Å². The Morgan fingerprint density at radius 1 is 0.889 bits per heavy atom. The third-order valence-electron chi connectivity index (χ3n) is 4.60. The van der Waals surface area contributed by atoms with Crippen molar-refractivity contribution >= 4 is 5.84 Å². The standard InChI is InChI=1S/C22H18N4O/c1-3-8-16(9-4-1)20-19(22-23-13-14-24-22)21(18-12-7-15-27-18)26(25-20)17-10-5-2-6-11-17/h1-12,15H,13-14H2,(H,23,24). The van der Waals surface area contributed by atoms with E-state index in [1.807, 2.05) is 65.3 Å². The van der Waals surface area contributed by atoms with Crippen molar-refractivity contribution < 1.29 is 4.42 Å². The summed E-state index contributed by atoms with van der Waals surface area (Å²) in [6.45, 7) is 1.59. The van der Waals surface area contributed by atoms with E-state index in [1.165, 1.54) is 0 Å². The monoisotopic (exact) mass is 354 g/mol. The molecule has 0 radical (unpaired) electrons. The summed E-state index contributed by atoms with van der Waals surface area (Å²) < 4.78 is 7.73. The molecule has 27 heavy (non-hydrogen) atoms. The van der Waals surface area contributed by atoms with Crippen LogP contribution >= 0.6 is 0 Å². The molecule has 1 aliphatic heterocycles. The maximum Gasteiger partial charge on any atom is 0.153 e. The van der Waals surface area contributed by atoms with Crippen molar-refractivity contribution in [2.75, 3.05) is 13.1 Å². The first-order chi connectivity index (χ1) is 13.4. The van der Waals surface area contributed by atoms with Crippen LogP contribution in [0.1, 0.15) is 5.56 Å². The van der Waals surface area contributed by atoms with Gasteiger partial charge in [-0.25, -0.2) is 4.68 Å². The lowest BCUT2D eigenvalue weighted by atomic mass is 10.0. The van der Waals surface area contributed by atoms with Gasteiger partial charge in [-0.2, -0.15) is 5.10 Å². The van der Waals surface area contributed by atoms with Gasteiger partial charge in [-0.05, 0) is 24.3 Å². The van der Waals surface area contributed by atoms with Crippen molar-refractivity contribution in [2.45, 2.75) is 0 Å². The third kappa shape index (κ3) is 2.73. The molecule has 0 amide bonds. The van der Waals surface area contributed by atoms with E-state index in [4.69, 9.17) is 9.52 Å². The molecule has 3 heterocycles. The summed E-state index contributed by atoms with van der Waals surface area (Å²) in [6.07, 6.45) is 1.69. The molecule has 0 spiro atoms. The maximum absolute atomic E-state index is 5.79. The summed E-state index contributed by atoms with van der Waals surface area (Å²) in [7, 11) is 0. The van der Waals surface area contributed by atoms with E-state index in [9.17, 15) is 0 Å². The maximum atomic E-state index is 5.79. The molecule has 0 fully saturated rings. The molecule has 5 nitrogen and oxygen atoms in total. The van der Waals surface area contributed by atoms with Gasteiger partial charge in [0, 0.05) is 12.1 Å². The number of benzene rings is 2. The molecule has 5 heteroatoms. The summed E-state index contributed by atoms with van der Waals surface area (Å²) in [5.74, 6) is 1.63. The van der Waals surface area contributed by atoms with E-state index in [0.717, 1.165) is 52.9 Å². The van der Waals surface area contributed by atoms with Crippen molar-refractivity contribution in [3.05, 3.63) is 84.6 Å². The summed E-state index contributed by atoms with van der Waals surface area (Å²) in [6, 6.07) is 24.2. The van der Waals surface area contributed by atoms with Crippen LogP contribution in [-0.2, 0) is 0 Å². The van der Waals surface area contributed by atoms with Gasteiger partial charge in [0.05, 0.1) is 24.1 Å². The Balaban J connectivity index is 1.84. The smallest absolute Gasteiger partial charge is 0.153 e. The van der Waals surface area contributed by atoms with E-state index in [2.05, 4.69) is 22.4 Å². The van der Waals surface area contributed by atoms with Gasteiger partial charge in [-0.15, -0.1) is 0 Å². The Kier molecular flexibility index (Phi) is 3.83. The van der Waals surface area contributed by atoms with Gasteiger partial charge in [0.1, 0.15) is 17.2 Å². The van der Waals surface area contributed by atoms with Crippen LogP contribution in [0.25, 0.3) is 28.4 Å². The molecule has 1 N–H and O–H groups in total. The lowest BCUT2D eigenvalue weighted by Crippen LogP contribution is -2.20. The number of aromatic nitrogens is 2. The van der Waals surface area contributed by atoms with Crippen molar-refractivity contribution in [1.29, 1.82) is 0 Å². The van der Waals surface area contributed by atoms with Crippen LogP contribution in [0, 0.1) is 0 Å². The minimum absolute atomic E-state index is 0.762. The van der Waals surface area contributed by atoms with E-state index >= 15 is 0 Å². The van der Waals surface area contributed by atoms with Crippen molar-refractivity contribution in [1.82, 2.24) is 15.1 Å². The first-order valence-corrected chi connectivity index (χ1v) is 8.98. The summed E-state index contributed by atoms with van der Waals surface area (Å²) in [5, 5.41) is 8.39. The number of furan rings is 1. The fourth-order valence-electron chi connectivity index (χ4n) is 3.40. The minimum atomic E-state index is 0.762. The van der Waals surface area contributed by atoms with Crippen LogP contribution in [0.15, 0.2) is 88.5 Å². The Morgan fingerprint density at radius 2 is 1.67 bits per heavy atom. The van der Waals surface area contributed by atoms with Gasteiger partial charge >= 0.3 is 0 Å². The SMILES string of the molecule is c1ccc(-c2nn(-c3ccccc3)c(-c3ccco3)c2C2=NCCN2)cc1. The average Bonchev–Trinajstić information content (AvgIpc) is 3.48. The molecule has 0 aliphatic carbocycles. The molecule has 1 aliphatic rings. The largest absolute Gasteiger partial charge is 0.463 e. The minimum Gasteiger partial charge on any atom is -0.463 e.